The van der Waals surface area contributed by atoms with E-state index in [1.165, 1.54) is 23.8 Å². The van der Waals surface area contributed by atoms with E-state index in [0.29, 0.717) is 29.8 Å². The van der Waals surface area contributed by atoms with Crippen LogP contribution in [0.3, 0.4) is 0 Å². The van der Waals surface area contributed by atoms with Crippen LogP contribution in [0, 0.1) is 0 Å². The molecule has 0 fully saturated rings. The van der Waals surface area contributed by atoms with Gasteiger partial charge in [0, 0.05) is 24.9 Å². The number of rotatable bonds is 6. The third kappa shape index (κ3) is 5.21. The van der Waals surface area contributed by atoms with Crippen LogP contribution in [0.15, 0.2) is 53.3 Å². The Morgan fingerprint density at radius 2 is 1.85 bits per heavy atom. The number of unbranched alkanes of at least 4 members (excludes halogenated alkanes) is 1. The third-order valence-electron chi connectivity index (χ3n) is 6.11. The highest BCUT2D eigenvalue weighted by Crippen LogP contribution is 2.32. The number of aromatic nitrogens is 2. The normalized spacial score (nSPS) is 13.6. The predicted octanol–water partition coefficient (Wildman–Crippen LogP) is 4.92. The van der Waals surface area contributed by atoms with Crippen LogP contribution in [-0.2, 0) is 32.0 Å². The number of halogens is 3. The van der Waals surface area contributed by atoms with Gasteiger partial charge >= 0.3 is 6.18 Å². The van der Waals surface area contributed by atoms with Crippen molar-refractivity contribution in [3.8, 4) is 0 Å². The molecule has 1 N–H and O–H groups in total. The van der Waals surface area contributed by atoms with Crippen LogP contribution < -0.4 is 5.56 Å². The number of benzene rings is 2. The zero-order valence-corrected chi connectivity index (χ0v) is 18.9. The zero-order chi connectivity index (χ0) is 24.3. The summed E-state index contributed by atoms with van der Waals surface area (Å²) in [4.78, 5) is 34.4. The van der Waals surface area contributed by atoms with Crippen molar-refractivity contribution in [2.75, 3.05) is 6.54 Å². The summed E-state index contributed by atoms with van der Waals surface area (Å²) in [5, 5.41) is 0. The van der Waals surface area contributed by atoms with Gasteiger partial charge in [0.15, 0.2) is 0 Å². The molecule has 4 rings (SSSR count). The van der Waals surface area contributed by atoms with E-state index >= 15 is 0 Å². The number of carbonyl (C=O) groups is 1. The summed E-state index contributed by atoms with van der Waals surface area (Å²) in [6.07, 6.45) is -1.08. The van der Waals surface area contributed by atoms with Gasteiger partial charge < -0.3 is 9.88 Å². The van der Waals surface area contributed by atoms with Crippen LogP contribution in [0.4, 0.5) is 13.2 Å². The largest absolute Gasteiger partial charge is 0.416 e. The number of aryl methyl sites for hydroxylation is 1. The average Bonchev–Trinajstić information content (AvgIpc) is 2.82. The van der Waals surface area contributed by atoms with Gasteiger partial charge in [-0.2, -0.15) is 13.2 Å². The van der Waals surface area contributed by atoms with Gasteiger partial charge in [0.2, 0.25) is 0 Å². The van der Waals surface area contributed by atoms with Crippen molar-refractivity contribution < 1.29 is 18.0 Å². The fourth-order valence-corrected chi connectivity index (χ4v) is 4.24. The van der Waals surface area contributed by atoms with Gasteiger partial charge in [-0.25, -0.2) is 4.98 Å². The zero-order valence-electron chi connectivity index (χ0n) is 18.9. The Morgan fingerprint density at radius 3 is 2.56 bits per heavy atom. The molecule has 1 aliphatic heterocycles. The molecule has 1 aromatic heterocycles. The first-order valence-corrected chi connectivity index (χ1v) is 11.4. The van der Waals surface area contributed by atoms with Crippen LogP contribution in [0.2, 0.25) is 0 Å². The average molecular weight is 470 g/mol. The number of carbonyl (C=O) groups excluding carboxylic acids is 1. The van der Waals surface area contributed by atoms with Gasteiger partial charge in [0.1, 0.15) is 5.82 Å². The number of nitrogens with one attached hydrogen (secondary N) is 1. The molecule has 0 radical (unpaired) electrons. The molecule has 34 heavy (non-hydrogen) atoms. The Morgan fingerprint density at radius 1 is 1.12 bits per heavy atom. The van der Waals surface area contributed by atoms with Crippen LogP contribution >= 0.6 is 0 Å². The minimum absolute atomic E-state index is 0.0492. The van der Waals surface area contributed by atoms with Crippen molar-refractivity contribution in [1.82, 2.24) is 14.9 Å². The summed E-state index contributed by atoms with van der Waals surface area (Å²) >= 11 is 0. The summed E-state index contributed by atoms with van der Waals surface area (Å²) in [6.45, 7) is 2.64. The van der Waals surface area contributed by atoms with E-state index in [1.807, 2.05) is 24.3 Å². The Bertz CT molecular complexity index is 1230. The first-order valence-electron chi connectivity index (χ1n) is 11.4. The first kappa shape index (κ1) is 23.7. The van der Waals surface area contributed by atoms with E-state index in [0.717, 1.165) is 25.3 Å². The minimum Gasteiger partial charge on any atom is -0.334 e. The molecule has 5 nitrogen and oxygen atoms in total. The van der Waals surface area contributed by atoms with Gasteiger partial charge in [-0.1, -0.05) is 43.7 Å². The number of hydrogen-bond donors (Lipinski definition) is 1. The maximum atomic E-state index is 13.3. The highest BCUT2D eigenvalue weighted by atomic mass is 19.4. The highest BCUT2D eigenvalue weighted by Gasteiger charge is 2.33. The molecule has 0 unspecified atom stereocenters. The Balaban J connectivity index is 1.51. The SMILES string of the molecule is CCCCc1ccc(C(=O)N2CCc3nc(Cc4ccccc4C(F)(F)F)[nH]c(=O)c3C2)cc1. The Hall–Kier alpha value is -3.42. The number of amides is 1. The summed E-state index contributed by atoms with van der Waals surface area (Å²) < 4.78 is 39.9. The molecule has 0 saturated carbocycles. The molecule has 0 bridgehead atoms. The number of fused-ring (bicyclic) bond motifs is 1. The highest BCUT2D eigenvalue weighted by molar-refractivity contribution is 5.94. The van der Waals surface area contributed by atoms with Gasteiger partial charge in [-0.3, -0.25) is 9.59 Å². The molecule has 0 atom stereocenters. The van der Waals surface area contributed by atoms with Crippen LogP contribution in [0.5, 0.6) is 0 Å². The van der Waals surface area contributed by atoms with Crippen molar-refractivity contribution in [2.24, 2.45) is 0 Å². The molecule has 2 heterocycles. The van der Waals surface area contributed by atoms with E-state index in [2.05, 4.69) is 16.9 Å². The predicted molar refractivity (Wildman–Crippen MR) is 123 cm³/mol. The fraction of sp³-hybridized carbons (Fsp3) is 0.346. The lowest BCUT2D eigenvalue weighted by Crippen LogP contribution is -2.39. The second kappa shape index (κ2) is 9.83. The summed E-state index contributed by atoms with van der Waals surface area (Å²) in [7, 11) is 0. The quantitative estimate of drug-likeness (QED) is 0.557. The molecule has 1 amide bonds. The molecule has 2 aromatic carbocycles. The molecule has 8 heteroatoms. The first-order chi connectivity index (χ1) is 16.3. The number of nitrogens with zero attached hydrogens (tertiary/aromatic N) is 2. The van der Waals surface area contributed by atoms with Crippen molar-refractivity contribution in [3.05, 3.63) is 98.2 Å². The fourth-order valence-electron chi connectivity index (χ4n) is 4.24. The topological polar surface area (TPSA) is 66.1 Å². The van der Waals surface area contributed by atoms with Crippen LogP contribution in [0.1, 0.15) is 63.9 Å². The van der Waals surface area contributed by atoms with E-state index in [9.17, 15) is 22.8 Å². The standard InChI is InChI=1S/C26H26F3N3O2/c1-2-3-6-17-9-11-18(12-10-17)25(34)32-14-13-22-20(16-32)24(33)31-23(30-22)15-19-7-4-5-8-21(19)26(27,28)29/h4-5,7-12H,2-3,6,13-16H2,1H3,(H,30,31,33). The maximum Gasteiger partial charge on any atom is 0.416 e. The second-order valence-electron chi connectivity index (χ2n) is 8.55. The molecule has 0 saturated heterocycles. The lowest BCUT2D eigenvalue weighted by atomic mass is 10.0. The lowest BCUT2D eigenvalue weighted by molar-refractivity contribution is -0.138. The Kier molecular flexibility index (Phi) is 6.86. The molecule has 0 spiro atoms. The van der Waals surface area contributed by atoms with Crippen LogP contribution in [-0.4, -0.2) is 27.3 Å². The second-order valence-corrected chi connectivity index (χ2v) is 8.55. The van der Waals surface area contributed by atoms with Crippen molar-refractivity contribution in [2.45, 2.75) is 51.7 Å². The van der Waals surface area contributed by atoms with E-state index in [4.69, 9.17) is 0 Å². The number of hydrogen-bond acceptors (Lipinski definition) is 3. The molecular formula is C26H26F3N3O2. The molecule has 178 valence electrons. The number of H-pyrrole nitrogens is 1. The van der Waals surface area contributed by atoms with Crippen LogP contribution in [0.25, 0.3) is 0 Å². The molecular weight excluding hydrogens is 443 g/mol. The summed E-state index contributed by atoms with van der Waals surface area (Å²) in [6, 6.07) is 12.8. The number of aromatic amines is 1. The molecule has 0 aliphatic carbocycles. The van der Waals surface area contributed by atoms with E-state index in [-0.39, 0.29) is 30.3 Å². The van der Waals surface area contributed by atoms with Gasteiger partial charge in [-0.05, 0) is 42.2 Å². The smallest absolute Gasteiger partial charge is 0.334 e. The minimum atomic E-state index is -4.49. The Labute approximate surface area is 195 Å². The maximum absolute atomic E-state index is 13.3. The van der Waals surface area contributed by atoms with Gasteiger partial charge in [0.25, 0.3) is 11.5 Å². The van der Waals surface area contributed by atoms with Gasteiger partial charge in [0.05, 0.1) is 23.4 Å². The van der Waals surface area contributed by atoms with E-state index in [1.54, 1.807) is 4.90 Å². The summed E-state index contributed by atoms with van der Waals surface area (Å²) in [5.41, 5.74) is 1.54. The lowest BCUT2D eigenvalue weighted by Gasteiger charge is -2.28. The van der Waals surface area contributed by atoms with Gasteiger partial charge in [-0.15, -0.1) is 0 Å². The summed E-state index contributed by atoms with van der Waals surface area (Å²) in [5.74, 6) is 0.0261. The van der Waals surface area contributed by atoms with E-state index < -0.39 is 17.3 Å². The number of alkyl halides is 3. The monoisotopic (exact) mass is 469 g/mol. The van der Waals surface area contributed by atoms with Crippen molar-refractivity contribution in [3.63, 3.8) is 0 Å². The molecule has 3 aromatic rings. The van der Waals surface area contributed by atoms with Crippen molar-refractivity contribution in [1.29, 1.82) is 0 Å². The third-order valence-corrected chi connectivity index (χ3v) is 6.11. The molecule has 1 aliphatic rings. The van der Waals surface area contributed by atoms with Crippen molar-refractivity contribution >= 4 is 5.91 Å².